The number of urea groups is 1. The molecule has 0 atom stereocenters. The standard InChI is InChI=1S/C14H20N4OS/c15-13(20)5-9-18(11-12-4-3-6-16-10-12)14(19)17-7-1-2-8-17/h3-4,6,10H,1-2,5,7-9,11H2,(H2,15,20). The van der Waals surface area contributed by atoms with E-state index in [1.165, 1.54) is 0 Å². The maximum atomic E-state index is 12.5. The van der Waals surface area contributed by atoms with Crippen LogP contribution in [-0.2, 0) is 6.54 Å². The van der Waals surface area contributed by atoms with Crippen molar-refractivity contribution in [3.05, 3.63) is 30.1 Å². The zero-order valence-corrected chi connectivity index (χ0v) is 12.3. The Labute approximate surface area is 124 Å². The molecule has 1 aliphatic heterocycles. The number of nitrogens with two attached hydrogens (primary N) is 1. The van der Waals surface area contributed by atoms with Gasteiger partial charge in [-0.1, -0.05) is 18.3 Å². The molecule has 2 N–H and O–H groups in total. The fraction of sp³-hybridized carbons (Fsp3) is 0.500. The molecule has 0 aliphatic carbocycles. The van der Waals surface area contributed by atoms with Gasteiger partial charge in [-0.25, -0.2) is 4.79 Å². The van der Waals surface area contributed by atoms with Crippen molar-refractivity contribution in [2.24, 2.45) is 5.73 Å². The molecule has 1 fully saturated rings. The Hall–Kier alpha value is -1.69. The van der Waals surface area contributed by atoms with Crippen LogP contribution in [0.4, 0.5) is 4.79 Å². The molecule has 0 unspecified atom stereocenters. The molecule has 2 rings (SSSR count). The second-order valence-electron chi connectivity index (χ2n) is 4.98. The second kappa shape index (κ2) is 7.19. The van der Waals surface area contributed by atoms with Crippen LogP contribution < -0.4 is 5.73 Å². The van der Waals surface area contributed by atoms with Gasteiger partial charge in [0.15, 0.2) is 0 Å². The Kier molecular flexibility index (Phi) is 5.29. The lowest BCUT2D eigenvalue weighted by Crippen LogP contribution is -2.42. The van der Waals surface area contributed by atoms with Crippen LogP contribution in [0, 0.1) is 0 Å². The van der Waals surface area contributed by atoms with E-state index in [-0.39, 0.29) is 6.03 Å². The van der Waals surface area contributed by atoms with E-state index in [0.717, 1.165) is 31.5 Å². The first kappa shape index (κ1) is 14.7. The third-order valence-corrected chi connectivity index (χ3v) is 3.58. The van der Waals surface area contributed by atoms with Gasteiger partial charge in [0.2, 0.25) is 0 Å². The van der Waals surface area contributed by atoms with Gasteiger partial charge in [-0.15, -0.1) is 0 Å². The number of carbonyl (C=O) groups excluding carboxylic acids is 1. The highest BCUT2D eigenvalue weighted by Gasteiger charge is 2.23. The first-order valence-corrected chi connectivity index (χ1v) is 7.28. The number of pyridine rings is 1. The summed E-state index contributed by atoms with van der Waals surface area (Å²) in [6.07, 6.45) is 6.23. The van der Waals surface area contributed by atoms with E-state index in [4.69, 9.17) is 18.0 Å². The Morgan fingerprint density at radius 2 is 2.20 bits per heavy atom. The zero-order valence-electron chi connectivity index (χ0n) is 11.5. The van der Waals surface area contributed by atoms with Crippen LogP contribution in [-0.4, -0.2) is 45.4 Å². The number of hydrogen-bond acceptors (Lipinski definition) is 3. The molecule has 0 radical (unpaired) electrons. The molecule has 2 amide bonds. The maximum absolute atomic E-state index is 12.5. The summed E-state index contributed by atoms with van der Waals surface area (Å²) in [5.41, 5.74) is 6.57. The number of aromatic nitrogens is 1. The topological polar surface area (TPSA) is 62.5 Å². The van der Waals surface area contributed by atoms with Crippen molar-refractivity contribution in [2.75, 3.05) is 19.6 Å². The van der Waals surface area contributed by atoms with E-state index in [0.29, 0.717) is 24.5 Å². The highest BCUT2D eigenvalue weighted by Crippen LogP contribution is 2.13. The van der Waals surface area contributed by atoms with Crippen molar-refractivity contribution in [2.45, 2.75) is 25.8 Å². The quantitative estimate of drug-likeness (QED) is 0.840. The minimum atomic E-state index is 0.0719. The van der Waals surface area contributed by atoms with E-state index in [1.807, 2.05) is 21.9 Å². The molecule has 20 heavy (non-hydrogen) atoms. The smallest absolute Gasteiger partial charge is 0.320 e. The fourth-order valence-electron chi connectivity index (χ4n) is 2.31. The van der Waals surface area contributed by atoms with Crippen molar-refractivity contribution in [1.29, 1.82) is 0 Å². The summed E-state index contributed by atoms with van der Waals surface area (Å²) in [7, 11) is 0. The predicted octanol–water partition coefficient (Wildman–Crippen LogP) is 1.78. The summed E-state index contributed by atoms with van der Waals surface area (Å²) in [4.78, 5) is 20.7. The van der Waals surface area contributed by atoms with Crippen LogP contribution in [0.5, 0.6) is 0 Å². The molecule has 1 saturated heterocycles. The van der Waals surface area contributed by atoms with Gasteiger partial charge in [-0.2, -0.15) is 0 Å². The van der Waals surface area contributed by atoms with Crippen LogP contribution in [0.1, 0.15) is 24.8 Å². The van der Waals surface area contributed by atoms with Crippen LogP contribution in [0.2, 0.25) is 0 Å². The van der Waals surface area contributed by atoms with Crippen molar-refractivity contribution >= 4 is 23.2 Å². The first-order valence-electron chi connectivity index (χ1n) is 6.88. The molecular formula is C14H20N4OS. The minimum absolute atomic E-state index is 0.0719. The number of nitrogens with zero attached hydrogens (tertiary/aromatic N) is 3. The fourth-order valence-corrected chi connectivity index (χ4v) is 2.40. The van der Waals surface area contributed by atoms with Gasteiger partial charge < -0.3 is 15.5 Å². The van der Waals surface area contributed by atoms with Crippen molar-refractivity contribution in [1.82, 2.24) is 14.8 Å². The largest absolute Gasteiger partial charge is 0.393 e. The number of likely N-dealkylation sites (tertiary alicyclic amines) is 1. The number of carbonyl (C=O) groups is 1. The molecular weight excluding hydrogens is 272 g/mol. The van der Waals surface area contributed by atoms with Crippen LogP contribution in [0.25, 0.3) is 0 Å². The van der Waals surface area contributed by atoms with E-state index in [9.17, 15) is 4.79 Å². The van der Waals surface area contributed by atoms with Gasteiger partial charge >= 0.3 is 6.03 Å². The van der Waals surface area contributed by atoms with Crippen LogP contribution in [0.15, 0.2) is 24.5 Å². The molecule has 1 aromatic rings. The predicted molar refractivity (Wildman–Crippen MR) is 82.3 cm³/mol. The second-order valence-corrected chi connectivity index (χ2v) is 5.50. The van der Waals surface area contributed by atoms with Gasteiger partial charge in [0, 0.05) is 45.0 Å². The lowest BCUT2D eigenvalue weighted by molar-refractivity contribution is 0.161. The molecule has 0 bridgehead atoms. The molecule has 0 aromatic carbocycles. The third-order valence-electron chi connectivity index (χ3n) is 3.37. The summed E-state index contributed by atoms with van der Waals surface area (Å²) >= 11 is 4.91. The van der Waals surface area contributed by atoms with E-state index >= 15 is 0 Å². The SMILES string of the molecule is NC(=S)CCN(Cc1cccnc1)C(=O)N1CCCC1. The highest BCUT2D eigenvalue weighted by atomic mass is 32.1. The lowest BCUT2D eigenvalue weighted by Gasteiger charge is -2.28. The zero-order chi connectivity index (χ0) is 14.4. The molecule has 2 heterocycles. The van der Waals surface area contributed by atoms with Gasteiger partial charge in [-0.3, -0.25) is 4.98 Å². The Morgan fingerprint density at radius 1 is 1.45 bits per heavy atom. The van der Waals surface area contributed by atoms with Gasteiger partial charge in [-0.05, 0) is 24.5 Å². The Morgan fingerprint density at radius 3 is 2.80 bits per heavy atom. The summed E-state index contributed by atoms with van der Waals surface area (Å²) in [5.74, 6) is 0. The number of rotatable bonds is 5. The summed E-state index contributed by atoms with van der Waals surface area (Å²) in [5, 5.41) is 0. The molecule has 1 aromatic heterocycles. The van der Waals surface area contributed by atoms with Gasteiger partial charge in [0.05, 0.1) is 4.99 Å². The maximum Gasteiger partial charge on any atom is 0.320 e. The van der Waals surface area contributed by atoms with Gasteiger partial charge in [0.25, 0.3) is 0 Å². The summed E-state index contributed by atoms with van der Waals surface area (Å²) < 4.78 is 0. The first-order chi connectivity index (χ1) is 9.66. The van der Waals surface area contributed by atoms with Gasteiger partial charge in [0.1, 0.15) is 0 Å². The normalized spacial score (nSPS) is 14.3. The van der Waals surface area contributed by atoms with Crippen molar-refractivity contribution in [3.8, 4) is 0 Å². The average Bonchev–Trinajstić information content (AvgIpc) is 2.97. The van der Waals surface area contributed by atoms with E-state index < -0.39 is 0 Å². The average molecular weight is 292 g/mol. The minimum Gasteiger partial charge on any atom is -0.393 e. The summed E-state index contributed by atoms with van der Waals surface area (Å²) in [6, 6.07) is 3.92. The van der Waals surface area contributed by atoms with Crippen LogP contribution in [0.3, 0.4) is 0 Å². The third kappa shape index (κ3) is 4.16. The molecule has 108 valence electrons. The highest BCUT2D eigenvalue weighted by molar-refractivity contribution is 7.80. The monoisotopic (exact) mass is 292 g/mol. The van der Waals surface area contributed by atoms with Crippen molar-refractivity contribution < 1.29 is 4.79 Å². The van der Waals surface area contributed by atoms with Crippen molar-refractivity contribution in [3.63, 3.8) is 0 Å². The Balaban J connectivity index is 2.03. The molecule has 0 saturated carbocycles. The van der Waals surface area contributed by atoms with Crippen LogP contribution >= 0.6 is 12.2 Å². The molecule has 5 nitrogen and oxygen atoms in total. The van der Waals surface area contributed by atoms with E-state index in [2.05, 4.69) is 4.98 Å². The Bertz CT molecular complexity index is 460. The molecule has 0 spiro atoms. The molecule has 1 aliphatic rings. The summed E-state index contributed by atoms with van der Waals surface area (Å²) in [6.45, 7) is 2.79. The van der Waals surface area contributed by atoms with E-state index in [1.54, 1.807) is 12.4 Å². The lowest BCUT2D eigenvalue weighted by atomic mass is 10.2. The number of amides is 2. The number of thiocarbonyl (C=S) groups is 1. The molecule has 6 heteroatoms. The number of hydrogen-bond donors (Lipinski definition) is 1.